The minimum Gasteiger partial charge on any atom is -0.341 e. The number of halogens is 2. The molecule has 18 heavy (non-hydrogen) atoms. The first-order valence-corrected chi connectivity index (χ1v) is 6.56. The maximum absolute atomic E-state index is 13.6. The Balaban J connectivity index is 2.78. The molecule has 0 radical (unpaired) electrons. The molecule has 0 spiro atoms. The van der Waals surface area contributed by atoms with Crippen LogP contribution in [0.15, 0.2) is 22.7 Å². The molecule has 2 N–H and O–H groups in total. The van der Waals surface area contributed by atoms with Gasteiger partial charge < -0.3 is 10.6 Å². The fourth-order valence-electron chi connectivity index (χ4n) is 1.57. The van der Waals surface area contributed by atoms with Crippen LogP contribution in [-0.4, -0.2) is 23.9 Å². The van der Waals surface area contributed by atoms with Crippen LogP contribution in [0, 0.1) is 11.7 Å². The monoisotopic (exact) mass is 316 g/mol. The van der Waals surface area contributed by atoms with E-state index in [9.17, 15) is 9.18 Å². The summed E-state index contributed by atoms with van der Waals surface area (Å²) in [7, 11) is 1.65. The van der Waals surface area contributed by atoms with Crippen molar-refractivity contribution in [3.8, 4) is 0 Å². The quantitative estimate of drug-likeness (QED) is 0.927. The zero-order chi connectivity index (χ0) is 13.9. The van der Waals surface area contributed by atoms with Crippen LogP contribution in [0.3, 0.4) is 0 Å². The predicted molar refractivity (Wildman–Crippen MR) is 73.4 cm³/mol. The van der Waals surface area contributed by atoms with Gasteiger partial charge in [0.1, 0.15) is 5.82 Å². The highest BCUT2D eigenvalue weighted by Gasteiger charge is 2.21. The minimum absolute atomic E-state index is 0.0793. The molecule has 1 aromatic rings. The van der Waals surface area contributed by atoms with Gasteiger partial charge in [-0.05, 0) is 25.1 Å². The van der Waals surface area contributed by atoms with Crippen LogP contribution in [0.4, 0.5) is 4.39 Å². The number of hydrogen-bond donors (Lipinski definition) is 1. The maximum Gasteiger partial charge on any atom is 0.226 e. The number of carbonyl (C=O) groups excluding carboxylic acids is 1. The van der Waals surface area contributed by atoms with Gasteiger partial charge in [-0.3, -0.25) is 4.79 Å². The van der Waals surface area contributed by atoms with Crippen molar-refractivity contribution in [2.75, 3.05) is 7.05 Å². The average Bonchev–Trinajstić information content (AvgIpc) is 2.31. The lowest BCUT2D eigenvalue weighted by Gasteiger charge is -2.23. The highest BCUT2D eigenvalue weighted by Crippen LogP contribution is 2.17. The van der Waals surface area contributed by atoms with Crippen molar-refractivity contribution in [1.82, 2.24) is 4.90 Å². The lowest BCUT2D eigenvalue weighted by Crippen LogP contribution is -2.39. The van der Waals surface area contributed by atoms with E-state index in [2.05, 4.69) is 15.9 Å². The first-order valence-electron chi connectivity index (χ1n) is 5.77. The van der Waals surface area contributed by atoms with E-state index in [0.29, 0.717) is 5.56 Å². The third-order valence-electron chi connectivity index (χ3n) is 2.97. The van der Waals surface area contributed by atoms with Gasteiger partial charge in [0, 0.05) is 29.7 Å². The second kappa shape index (κ2) is 6.29. The van der Waals surface area contributed by atoms with Gasteiger partial charge in [-0.25, -0.2) is 4.39 Å². The SMILES string of the molecule is CC(N)C(C)C(=O)N(C)Cc1cc(Br)ccc1F. The summed E-state index contributed by atoms with van der Waals surface area (Å²) >= 11 is 3.29. The van der Waals surface area contributed by atoms with Gasteiger partial charge in [-0.1, -0.05) is 22.9 Å². The predicted octanol–water partition coefficient (Wildman–Crippen LogP) is 2.53. The van der Waals surface area contributed by atoms with Crippen molar-refractivity contribution in [2.24, 2.45) is 11.7 Å². The summed E-state index contributed by atoms with van der Waals surface area (Å²) in [5, 5.41) is 0. The molecule has 5 heteroatoms. The molecule has 0 bridgehead atoms. The number of benzene rings is 1. The summed E-state index contributed by atoms with van der Waals surface area (Å²) in [5.74, 6) is -0.666. The minimum atomic E-state index is -0.314. The lowest BCUT2D eigenvalue weighted by atomic mass is 10.0. The maximum atomic E-state index is 13.6. The molecule has 0 aromatic heterocycles. The zero-order valence-electron chi connectivity index (χ0n) is 10.8. The Morgan fingerprint density at radius 1 is 1.50 bits per heavy atom. The van der Waals surface area contributed by atoms with Crippen LogP contribution in [-0.2, 0) is 11.3 Å². The Hall–Kier alpha value is -0.940. The molecule has 0 aliphatic heterocycles. The molecule has 1 rings (SSSR count). The molecule has 100 valence electrons. The molecule has 0 fully saturated rings. The second-order valence-electron chi connectivity index (χ2n) is 4.58. The fourth-order valence-corrected chi connectivity index (χ4v) is 1.98. The molecule has 2 unspecified atom stereocenters. The van der Waals surface area contributed by atoms with Crippen molar-refractivity contribution in [3.05, 3.63) is 34.1 Å². The number of hydrogen-bond acceptors (Lipinski definition) is 2. The molecule has 2 atom stereocenters. The number of amides is 1. The third-order valence-corrected chi connectivity index (χ3v) is 3.46. The van der Waals surface area contributed by atoms with Gasteiger partial charge >= 0.3 is 0 Å². The van der Waals surface area contributed by atoms with Crippen molar-refractivity contribution < 1.29 is 9.18 Å². The van der Waals surface area contributed by atoms with Gasteiger partial charge in [-0.15, -0.1) is 0 Å². The third kappa shape index (κ3) is 3.78. The zero-order valence-corrected chi connectivity index (χ0v) is 12.4. The molecule has 0 saturated carbocycles. The molecule has 0 aliphatic rings. The summed E-state index contributed by atoms with van der Waals surface area (Å²) in [6, 6.07) is 4.47. The number of nitrogens with two attached hydrogens (primary N) is 1. The average molecular weight is 317 g/mol. The van der Waals surface area contributed by atoms with E-state index in [0.717, 1.165) is 4.47 Å². The highest BCUT2D eigenvalue weighted by atomic mass is 79.9. The van der Waals surface area contributed by atoms with Gasteiger partial charge in [0.2, 0.25) is 5.91 Å². The standard InChI is InChI=1S/C13H18BrFN2O/c1-8(9(2)16)13(18)17(3)7-10-6-11(14)4-5-12(10)15/h4-6,8-9H,7,16H2,1-3H3. The molecule has 0 saturated heterocycles. The molecule has 1 aromatic carbocycles. The van der Waals surface area contributed by atoms with E-state index in [1.54, 1.807) is 33.0 Å². The van der Waals surface area contributed by atoms with E-state index in [1.807, 2.05) is 0 Å². The first-order chi connectivity index (χ1) is 8.32. The first kappa shape index (κ1) is 15.1. The summed E-state index contributed by atoms with van der Waals surface area (Å²) in [5.41, 5.74) is 6.18. The normalized spacial score (nSPS) is 14.1. The highest BCUT2D eigenvalue weighted by molar-refractivity contribution is 9.10. The van der Waals surface area contributed by atoms with Crippen LogP contribution < -0.4 is 5.73 Å². The van der Waals surface area contributed by atoms with Crippen LogP contribution in [0.5, 0.6) is 0 Å². The molecule has 1 amide bonds. The topological polar surface area (TPSA) is 46.3 Å². The smallest absolute Gasteiger partial charge is 0.226 e. The Labute approximate surface area is 115 Å². The van der Waals surface area contributed by atoms with Crippen molar-refractivity contribution in [1.29, 1.82) is 0 Å². The van der Waals surface area contributed by atoms with E-state index < -0.39 is 0 Å². The molecule has 3 nitrogen and oxygen atoms in total. The van der Waals surface area contributed by atoms with Crippen LogP contribution in [0.1, 0.15) is 19.4 Å². The van der Waals surface area contributed by atoms with Crippen molar-refractivity contribution in [3.63, 3.8) is 0 Å². The van der Waals surface area contributed by atoms with Crippen molar-refractivity contribution in [2.45, 2.75) is 26.4 Å². The summed E-state index contributed by atoms with van der Waals surface area (Å²) in [6.07, 6.45) is 0. The van der Waals surface area contributed by atoms with Crippen LogP contribution >= 0.6 is 15.9 Å². The van der Waals surface area contributed by atoms with Gasteiger partial charge in [0.25, 0.3) is 0 Å². The van der Waals surface area contributed by atoms with Crippen LogP contribution in [0.25, 0.3) is 0 Å². The Kier molecular flexibility index (Phi) is 5.28. The molecule has 0 heterocycles. The Morgan fingerprint density at radius 3 is 2.67 bits per heavy atom. The second-order valence-corrected chi connectivity index (χ2v) is 5.49. The molecule has 0 aliphatic carbocycles. The Bertz CT molecular complexity index is 437. The van der Waals surface area contributed by atoms with E-state index in [1.165, 1.54) is 11.0 Å². The largest absolute Gasteiger partial charge is 0.341 e. The van der Waals surface area contributed by atoms with Crippen LogP contribution in [0.2, 0.25) is 0 Å². The fraction of sp³-hybridized carbons (Fsp3) is 0.462. The van der Waals surface area contributed by atoms with Gasteiger partial charge in [0.05, 0.1) is 5.92 Å². The van der Waals surface area contributed by atoms with Gasteiger partial charge in [-0.2, -0.15) is 0 Å². The lowest BCUT2D eigenvalue weighted by molar-refractivity contribution is -0.134. The number of rotatable bonds is 4. The van der Waals surface area contributed by atoms with E-state index >= 15 is 0 Å². The number of carbonyl (C=O) groups is 1. The number of nitrogens with zero attached hydrogens (tertiary/aromatic N) is 1. The van der Waals surface area contributed by atoms with Gasteiger partial charge in [0.15, 0.2) is 0 Å². The Morgan fingerprint density at radius 2 is 2.11 bits per heavy atom. The summed E-state index contributed by atoms with van der Waals surface area (Å²) in [4.78, 5) is 13.5. The van der Waals surface area contributed by atoms with E-state index in [-0.39, 0.29) is 30.2 Å². The summed E-state index contributed by atoms with van der Waals surface area (Å²) < 4.78 is 14.4. The van der Waals surface area contributed by atoms with E-state index in [4.69, 9.17) is 5.73 Å². The molecular weight excluding hydrogens is 299 g/mol. The van der Waals surface area contributed by atoms with Crippen molar-refractivity contribution >= 4 is 21.8 Å². The summed E-state index contributed by atoms with van der Waals surface area (Å²) in [6.45, 7) is 3.80. The molecular formula is C13H18BrFN2O.